The Balaban J connectivity index is 3.58. The van der Waals surface area contributed by atoms with Crippen LogP contribution in [0.25, 0.3) is 0 Å². The Morgan fingerprint density at radius 2 is 1.00 bits per heavy atom. The van der Waals surface area contributed by atoms with Crippen molar-refractivity contribution in [2.75, 3.05) is 0 Å². The Kier molecular flexibility index (Phi) is 16.9. The monoisotopic (exact) mass is 326 g/mol. The molecule has 24 heavy (non-hydrogen) atoms. The molecule has 0 aromatic rings. The van der Waals surface area contributed by atoms with Crippen LogP contribution in [0.15, 0.2) is 85.1 Å². The van der Waals surface area contributed by atoms with Crippen molar-refractivity contribution in [2.24, 2.45) is 0 Å². The van der Waals surface area contributed by atoms with Crippen molar-refractivity contribution in [1.82, 2.24) is 0 Å². The van der Waals surface area contributed by atoms with Gasteiger partial charge in [-0.3, -0.25) is 0 Å². The van der Waals surface area contributed by atoms with E-state index in [1.165, 1.54) is 6.08 Å². The van der Waals surface area contributed by atoms with Crippen LogP contribution in [0.3, 0.4) is 0 Å². The molecule has 0 saturated carbocycles. The SMILES string of the molecule is CC/C=C\C/C=C\C/C=C\C/C=C\C/C=C\C/C=C/C=C/C(=O)O. The molecule has 0 amide bonds. The number of carboxylic acids is 1. The highest BCUT2D eigenvalue weighted by molar-refractivity contribution is 5.80. The lowest BCUT2D eigenvalue weighted by atomic mass is 10.2. The van der Waals surface area contributed by atoms with Crippen LogP contribution >= 0.6 is 0 Å². The molecule has 0 aliphatic carbocycles. The van der Waals surface area contributed by atoms with Crippen LogP contribution in [0.4, 0.5) is 0 Å². The van der Waals surface area contributed by atoms with Crippen LogP contribution in [0, 0.1) is 0 Å². The largest absolute Gasteiger partial charge is 0.478 e. The lowest BCUT2D eigenvalue weighted by Crippen LogP contribution is -1.84. The van der Waals surface area contributed by atoms with Gasteiger partial charge in [-0.15, -0.1) is 0 Å². The highest BCUT2D eigenvalue weighted by atomic mass is 16.4. The highest BCUT2D eigenvalue weighted by Crippen LogP contribution is 1.96. The minimum Gasteiger partial charge on any atom is -0.478 e. The molecule has 0 rings (SSSR count). The topological polar surface area (TPSA) is 37.3 Å². The van der Waals surface area contributed by atoms with Crippen molar-refractivity contribution >= 4 is 5.97 Å². The minimum atomic E-state index is -0.922. The first-order valence-electron chi connectivity index (χ1n) is 8.58. The number of rotatable bonds is 13. The molecule has 1 N–H and O–H groups in total. The fraction of sp³-hybridized carbons (Fsp3) is 0.318. The number of aliphatic carboxylic acids is 1. The second-order valence-electron chi connectivity index (χ2n) is 5.07. The van der Waals surface area contributed by atoms with Gasteiger partial charge >= 0.3 is 5.97 Å². The summed E-state index contributed by atoms with van der Waals surface area (Å²) in [6.07, 6.45) is 33.8. The Labute approximate surface area is 147 Å². The Bertz CT molecular complexity index is 500. The molecule has 2 nitrogen and oxygen atoms in total. The normalized spacial score (nSPS) is 13.4. The van der Waals surface area contributed by atoms with Gasteiger partial charge in [0.1, 0.15) is 0 Å². The van der Waals surface area contributed by atoms with Gasteiger partial charge in [-0.05, 0) is 38.5 Å². The summed E-state index contributed by atoms with van der Waals surface area (Å²) in [4.78, 5) is 10.2. The molecule has 0 bridgehead atoms. The molecule has 0 saturated heterocycles. The summed E-state index contributed by atoms with van der Waals surface area (Å²) in [7, 11) is 0. The van der Waals surface area contributed by atoms with Gasteiger partial charge in [-0.25, -0.2) is 4.79 Å². The summed E-state index contributed by atoms with van der Waals surface area (Å²) in [6, 6.07) is 0. The van der Waals surface area contributed by atoms with Gasteiger partial charge in [-0.2, -0.15) is 0 Å². The van der Waals surface area contributed by atoms with E-state index in [9.17, 15) is 4.79 Å². The van der Waals surface area contributed by atoms with Crippen molar-refractivity contribution in [2.45, 2.75) is 45.4 Å². The molecule has 0 unspecified atom stereocenters. The Morgan fingerprint density at radius 3 is 1.38 bits per heavy atom. The second-order valence-corrected chi connectivity index (χ2v) is 5.07. The molecular formula is C22H30O2. The van der Waals surface area contributed by atoms with Gasteiger partial charge in [0.15, 0.2) is 0 Å². The first-order chi connectivity index (χ1) is 11.8. The molecule has 0 heterocycles. The van der Waals surface area contributed by atoms with Crippen LogP contribution in [-0.2, 0) is 4.79 Å². The van der Waals surface area contributed by atoms with Crippen molar-refractivity contribution in [1.29, 1.82) is 0 Å². The molecule has 0 aliphatic heterocycles. The molecule has 0 spiro atoms. The third-order valence-corrected chi connectivity index (χ3v) is 2.92. The van der Waals surface area contributed by atoms with Crippen LogP contribution in [0.1, 0.15) is 45.4 Å². The van der Waals surface area contributed by atoms with E-state index >= 15 is 0 Å². The van der Waals surface area contributed by atoms with Gasteiger partial charge in [0, 0.05) is 6.08 Å². The summed E-state index contributed by atoms with van der Waals surface area (Å²) in [5.41, 5.74) is 0. The summed E-state index contributed by atoms with van der Waals surface area (Å²) >= 11 is 0. The van der Waals surface area contributed by atoms with Crippen molar-refractivity contribution < 1.29 is 9.90 Å². The van der Waals surface area contributed by atoms with E-state index in [1.54, 1.807) is 6.08 Å². The third-order valence-electron chi connectivity index (χ3n) is 2.92. The second kappa shape index (κ2) is 18.7. The number of allylic oxidation sites excluding steroid dienone is 13. The van der Waals surface area contributed by atoms with E-state index in [1.807, 2.05) is 6.08 Å². The van der Waals surface area contributed by atoms with Gasteiger partial charge in [0.2, 0.25) is 0 Å². The van der Waals surface area contributed by atoms with Crippen LogP contribution < -0.4 is 0 Å². The van der Waals surface area contributed by atoms with Gasteiger partial charge in [-0.1, -0.05) is 85.9 Å². The first kappa shape index (κ1) is 21.6. The number of hydrogen-bond donors (Lipinski definition) is 1. The smallest absolute Gasteiger partial charge is 0.328 e. The number of carboxylic acid groups (broad SMARTS) is 1. The highest BCUT2D eigenvalue weighted by Gasteiger charge is 1.80. The summed E-state index contributed by atoms with van der Waals surface area (Å²) in [6.45, 7) is 2.14. The van der Waals surface area contributed by atoms with Crippen LogP contribution in [-0.4, -0.2) is 11.1 Å². The fourth-order valence-electron chi connectivity index (χ4n) is 1.72. The Hall–Kier alpha value is -2.35. The van der Waals surface area contributed by atoms with E-state index in [-0.39, 0.29) is 0 Å². The molecule has 0 aliphatic rings. The minimum absolute atomic E-state index is 0.817. The average molecular weight is 326 g/mol. The molecule has 130 valence electrons. The predicted octanol–water partition coefficient (Wildman–Crippen LogP) is 6.32. The van der Waals surface area contributed by atoms with Crippen LogP contribution in [0.5, 0.6) is 0 Å². The predicted molar refractivity (Wildman–Crippen MR) is 105 cm³/mol. The maximum absolute atomic E-state index is 10.2. The molecule has 0 fully saturated rings. The Morgan fingerprint density at radius 1 is 0.625 bits per heavy atom. The van der Waals surface area contributed by atoms with E-state index in [0.29, 0.717) is 0 Å². The first-order valence-corrected chi connectivity index (χ1v) is 8.58. The maximum Gasteiger partial charge on any atom is 0.328 e. The van der Waals surface area contributed by atoms with E-state index in [0.717, 1.165) is 44.6 Å². The lowest BCUT2D eigenvalue weighted by molar-refractivity contribution is -0.131. The average Bonchev–Trinajstić information content (AvgIpc) is 2.56. The van der Waals surface area contributed by atoms with Crippen molar-refractivity contribution in [3.63, 3.8) is 0 Å². The summed E-state index contributed by atoms with van der Waals surface area (Å²) in [5.74, 6) is -0.922. The standard InChI is InChI=1S/C22H30O2/c1-2-3-4-5-6-7-8-9-10-11-12-13-14-15-16-17-18-19-20-21-22(23)24/h3-4,6-7,9-10,12-13,15-16,18-21H,2,5,8,11,14,17H2,1H3,(H,23,24)/b4-3-,7-6-,10-9-,13-12-,16-15-,19-18+,21-20+. The zero-order valence-corrected chi connectivity index (χ0v) is 14.7. The van der Waals surface area contributed by atoms with Gasteiger partial charge in [0.05, 0.1) is 0 Å². The van der Waals surface area contributed by atoms with E-state index < -0.39 is 5.97 Å². The molecule has 0 aromatic carbocycles. The van der Waals surface area contributed by atoms with Crippen LogP contribution in [0.2, 0.25) is 0 Å². The number of hydrogen-bond acceptors (Lipinski definition) is 1. The van der Waals surface area contributed by atoms with Gasteiger partial charge in [0.25, 0.3) is 0 Å². The maximum atomic E-state index is 10.2. The molecule has 0 radical (unpaired) electrons. The molecule has 0 aromatic heterocycles. The third kappa shape index (κ3) is 19.7. The number of carbonyl (C=O) groups is 1. The summed E-state index contributed by atoms with van der Waals surface area (Å²) < 4.78 is 0. The lowest BCUT2D eigenvalue weighted by Gasteiger charge is -1.85. The van der Waals surface area contributed by atoms with E-state index in [2.05, 4.69) is 67.7 Å². The van der Waals surface area contributed by atoms with Crippen molar-refractivity contribution in [3.8, 4) is 0 Å². The van der Waals surface area contributed by atoms with E-state index in [4.69, 9.17) is 5.11 Å². The molecular weight excluding hydrogens is 296 g/mol. The zero-order chi connectivity index (χ0) is 17.7. The van der Waals surface area contributed by atoms with Gasteiger partial charge < -0.3 is 5.11 Å². The zero-order valence-electron chi connectivity index (χ0n) is 14.7. The molecule has 0 atom stereocenters. The molecule has 2 heteroatoms. The fourth-order valence-corrected chi connectivity index (χ4v) is 1.72. The summed E-state index contributed by atoms with van der Waals surface area (Å²) in [5, 5.41) is 8.40. The van der Waals surface area contributed by atoms with Crippen molar-refractivity contribution in [3.05, 3.63) is 85.1 Å². The quantitative estimate of drug-likeness (QED) is 0.244.